The quantitative estimate of drug-likeness (QED) is 0.466. The van der Waals surface area contributed by atoms with E-state index in [1.807, 2.05) is 6.07 Å². The zero-order valence-corrected chi connectivity index (χ0v) is 10.7. The molecule has 6 N–H and O–H groups in total. The van der Waals surface area contributed by atoms with E-state index < -0.39 is 0 Å². The Morgan fingerprint density at radius 1 is 1.20 bits per heavy atom. The topological polar surface area (TPSA) is 133 Å². The van der Waals surface area contributed by atoms with Crippen LogP contribution in [0.15, 0.2) is 28.8 Å². The fourth-order valence-corrected chi connectivity index (χ4v) is 1.89. The Balaban J connectivity index is 2.07. The van der Waals surface area contributed by atoms with Crippen molar-refractivity contribution in [1.82, 2.24) is 15.0 Å². The van der Waals surface area contributed by atoms with E-state index in [9.17, 15) is 0 Å². The second kappa shape index (κ2) is 4.35. The van der Waals surface area contributed by atoms with E-state index in [1.54, 1.807) is 19.1 Å². The summed E-state index contributed by atoms with van der Waals surface area (Å²) in [5.41, 5.74) is 13.7. The van der Waals surface area contributed by atoms with Gasteiger partial charge in [-0.2, -0.15) is 4.98 Å². The first-order chi connectivity index (χ1) is 9.54. The van der Waals surface area contributed by atoms with Crippen molar-refractivity contribution >= 4 is 34.2 Å². The molecular formula is C12H13N7O. The number of rotatable bonds is 2. The first-order valence-corrected chi connectivity index (χ1v) is 5.84. The molecule has 0 unspecified atom stereocenters. The molecule has 0 atom stereocenters. The molecule has 0 spiro atoms. The lowest BCUT2D eigenvalue weighted by Gasteiger charge is -2.18. The molecule has 3 rings (SSSR count). The van der Waals surface area contributed by atoms with Crippen LogP contribution in [0, 0.1) is 6.92 Å². The third-order valence-corrected chi connectivity index (χ3v) is 2.80. The van der Waals surface area contributed by atoms with Crippen molar-refractivity contribution in [3.05, 3.63) is 30.3 Å². The largest absolute Gasteiger partial charge is 0.441 e. The molecule has 8 heteroatoms. The number of hydrazine groups is 1. The average molecular weight is 271 g/mol. The number of nitrogens with two attached hydrogens (primary N) is 3. The van der Waals surface area contributed by atoms with Gasteiger partial charge in [-0.3, -0.25) is 5.01 Å². The van der Waals surface area contributed by atoms with E-state index in [4.69, 9.17) is 21.7 Å². The van der Waals surface area contributed by atoms with Gasteiger partial charge >= 0.3 is 0 Å². The zero-order chi connectivity index (χ0) is 14.3. The van der Waals surface area contributed by atoms with Crippen LogP contribution in [0.1, 0.15) is 5.89 Å². The van der Waals surface area contributed by atoms with Crippen LogP contribution < -0.4 is 22.3 Å². The first-order valence-electron chi connectivity index (χ1n) is 5.84. The predicted molar refractivity (Wildman–Crippen MR) is 75.9 cm³/mol. The summed E-state index contributed by atoms with van der Waals surface area (Å²) >= 11 is 0. The van der Waals surface area contributed by atoms with E-state index >= 15 is 0 Å². The van der Waals surface area contributed by atoms with Gasteiger partial charge in [0.1, 0.15) is 5.52 Å². The minimum absolute atomic E-state index is 0.0984. The molecule has 2 aromatic heterocycles. The highest BCUT2D eigenvalue weighted by Crippen LogP contribution is 2.28. The molecule has 3 aromatic rings. The summed E-state index contributed by atoms with van der Waals surface area (Å²) in [5.74, 6) is 7.04. The lowest BCUT2D eigenvalue weighted by molar-refractivity contribution is 0.561. The van der Waals surface area contributed by atoms with Gasteiger partial charge in [0.2, 0.25) is 5.95 Å². The van der Waals surface area contributed by atoms with Crippen LogP contribution in [-0.4, -0.2) is 15.0 Å². The number of fused-ring (bicyclic) bond motifs is 1. The molecule has 0 radical (unpaired) electrons. The Bertz CT molecular complexity index is 783. The SMILES string of the molecule is Cc1nc2ccc(N(N)c3nc(N)ncc3N)cc2o1. The van der Waals surface area contributed by atoms with E-state index in [2.05, 4.69) is 15.0 Å². The van der Waals surface area contributed by atoms with Crippen molar-refractivity contribution in [2.24, 2.45) is 5.84 Å². The minimum atomic E-state index is 0.0984. The summed E-state index contributed by atoms with van der Waals surface area (Å²) in [6.07, 6.45) is 1.41. The van der Waals surface area contributed by atoms with Crippen LogP contribution in [0.4, 0.5) is 23.1 Å². The molecular weight excluding hydrogens is 258 g/mol. The smallest absolute Gasteiger partial charge is 0.222 e. The number of aromatic nitrogens is 3. The summed E-state index contributed by atoms with van der Waals surface area (Å²) in [5, 5.41) is 1.32. The third-order valence-electron chi connectivity index (χ3n) is 2.80. The predicted octanol–water partition coefficient (Wildman–Crippen LogP) is 1.10. The molecule has 20 heavy (non-hydrogen) atoms. The highest BCUT2D eigenvalue weighted by molar-refractivity contribution is 5.80. The van der Waals surface area contributed by atoms with Gasteiger partial charge in [0.25, 0.3) is 0 Å². The van der Waals surface area contributed by atoms with Crippen LogP contribution in [0.5, 0.6) is 0 Å². The summed E-state index contributed by atoms with van der Waals surface area (Å²) < 4.78 is 5.47. The number of nitrogen functional groups attached to an aromatic ring is 2. The molecule has 8 nitrogen and oxygen atoms in total. The van der Waals surface area contributed by atoms with Gasteiger partial charge in [-0.25, -0.2) is 15.8 Å². The summed E-state index contributed by atoms with van der Waals surface area (Å²) in [4.78, 5) is 12.1. The van der Waals surface area contributed by atoms with Gasteiger partial charge in [-0.15, -0.1) is 0 Å². The molecule has 0 aliphatic rings. The Kier molecular flexibility index (Phi) is 2.65. The molecule has 0 fully saturated rings. The van der Waals surface area contributed by atoms with Crippen LogP contribution in [0.25, 0.3) is 11.1 Å². The second-order valence-corrected chi connectivity index (χ2v) is 4.26. The number of aryl methyl sites for hydroxylation is 1. The highest BCUT2D eigenvalue weighted by atomic mass is 16.3. The molecule has 0 aliphatic carbocycles. The van der Waals surface area contributed by atoms with Crippen molar-refractivity contribution in [3.8, 4) is 0 Å². The molecule has 102 valence electrons. The van der Waals surface area contributed by atoms with E-state index in [-0.39, 0.29) is 5.95 Å². The van der Waals surface area contributed by atoms with Crippen molar-refractivity contribution in [3.63, 3.8) is 0 Å². The average Bonchev–Trinajstić information content (AvgIpc) is 2.79. The molecule has 0 bridgehead atoms. The maximum Gasteiger partial charge on any atom is 0.222 e. The fraction of sp³-hybridized carbons (Fsp3) is 0.0833. The number of benzene rings is 1. The standard InChI is InChI=1S/C12H13N7O/c1-6-17-9-3-2-7(4-10(9)20-6)19(15)11-8(13)5-16-12(14)18-11/h2-5H,13,15H2,1H3,(H2,14,16,18). The Morgan fingerprint density at radius 3 is 2.80 bits per heavy atom. The van der Waals surface area contributed by atoms with E-state index in [0.717, 1.165) is 5.52 Å². The van der Waals surface area contributed by atoms with Gasteiger partial charge < -0.3 is 15.9 Å². The fourth-order valence-electron chi connectivity index (χ4n) is 1.89. The lowest BCUT2D eigenvalue weighted by Crippen LogP contribution is -2.27. The Hall–Kier alpha value is -2.87. The highest BCUT2D eigenvalue weighted by Gasteiger charge is 2.13. The minimum Gasteiger partial charge on any atom is -0.441 e. The third kappa shape index (κ3) is 1.97. The van der Waals surface area contributed by atoms with Crippen molar-refractivity contribution < 1.29 is 4.42 Å². The van der Waals surface area contributed by atoms with Crippen LogP contribution in [0.2, 0.25) is 0 Å². The van der Waals surface area contributed by atoms with Crippen LogP contribution in [0.3, 0.4) is 0 Å². The van der Waals surface area contributed by atoms with Gasteiger partial charge in [-0.1, -0.05) is 0 Å². The van der Waals surface area contributed by atoms with Gasteiger partial charge in [0.15, 0.2) is 17.3 Å². The van der Waals surface area contributed by atoms with Gasteiger partial charge in [0, 0.05) is 13.0 Å². The molecule has 0 aliphatic heterocycles. The van der Waals surface area contributed by atoms with Crippen molar-refractivity contribution in [1.29, 1.82) is 0 Å². The van der Waals surface area contributed by atoms with Gasteiger partial charge in [0.05, 0.1) is 17.6 Å². The summed E-state index contributed by atoms with van der Waals surface area (Å²) in [6.45, 7) is 1.78. The summed E-state index contributed by atoms with van der Waals surface area (Å²) in [7, 11) is 0. The monoisotopic (exact) mass is 271 g/mol. The Morgan fingerprint density at radius 2 is 2.00 bits per heavy atom. The lowest BCUT2D eigenvalue weighted by atomic mass is 10.2. The normalized spacial score (nSPS) is 10.9. The number of anilines is 4. The maximum atomic E-state index is 6.03. The van der Waals surface area contributed by atoms with Crippen molar-refractivity contribution in [2.75, 3.05) is 16.5 Å². The Labute approximate surface area is 114 Å². The number of oxazole rings is 1. The molecule has 0 amide bonds. The first kappa shape index (κ1) is 12.2. The zero-order valence-electron chi connectivity index (χ0n) is 10.7. The molecule has 1 aromatic carbocycles. The maximum absolute atomic E-state index is 6.03. The van der Waals surface area contributed by atoms with E-state index in [1.165, 1.54) is 11.2 Å². The number of hydrogen-bond acceptors (Lipinski definition) is 8. The summed E-state index contributed by atoms with van der Waals surface area (Å²) in [6, 6.07) is 5.36. The second-order valence-electron chi connectivity index (χ2n) is 4.26. The van der Waals surface area contributed by atoms with Crippen LogP contribution in [-0.2, 0) is 0 Å². The number of nitrogens with zero attached hydrogens (tertiary/aromatic N) is 4. The molecule has 2 heterocycles. The van der Waals surface area contributed by atoms with Gasteiger partial charge in [-0.05, 0) is 12.1 Å². The van der Waals surface area contributed by atoms with Crippen LogP contribution >= 0.6 is 0 Å². The molecule has 0 saturated carbocycles. The number of hydrogen-bond donors (Lipinski definition) is 3. The van der Waals surface area contributed by atoms with Crippen molar-refractivity contribution in [2.45, 2.75) is 6.92 Å². The molecule has 0 saturated heterocycles. The van der Waals surface area contributed by atoms with E-state index in [0.29, 0.717) is 28.7 Å².